The fraction of sp³-hybridized carbons (Fsp3) is 0.553. The predicted molar refractivity (Wildman–Crippen MR) is 182 cm³/mol. The molecule has 8 nitrogen and oxygen atoms in total. The smallest absolute Gasteiger partial charge is 0.319 e. The van der Waals surface area contributed by atoms with Crippen molar-refractivity contribution in [2.75, 3.05) is 37.7 Å². The number of fused-ring (bicyclic) bond motifs is 3. The Labute approximate surface area is 280 Å². The van der Waals surface area contributed by atoms with Crippen LogP contribution in [0.5, 0.6) is 11.8 Å². The van der Waals surface area contributed by atoms with Crippen molar-refractivity contribution in [3.05, 3.63) is 47.7 Å². The minimum absolute atomic E-state index is 0.0173. The van der Waals surface area contributed by atoms with Gasteiger partial charge in [0, 0.05) is 42.9 Å². The molecular weight excluding hydrogens is 612 g/mol. The summed E-state index contributed by atoms with van der Waals surface area (Å²) in [5.74, 6) is 0.166. The maximum Gasteiger partial charge on any atom is 0.319 e. The van der Waals surface area contributed by atoms with Crippen LogP contribution < -0.4 is 9.64 Å². The minimum Gasteiger partial charge on any atom is -0.508 e. The molecule has 2 aromatic carbocycles. The number of pyridine rings is 1. The van der Waals surface area contributed by atoms with Gasteiger partial charge in [-0.2, -0.15) is 9.97 Å². The van der Waals surface area contributed by atoms with Gasteiger partial charge in [0.05, 0.1) is 17.6 Å². The summed E-state index contributed by atoms with van der Waals surface area (Å²) in [6.45, 7) is 7.42. The Bertz CT molecular complexity index is 1880. The van der Waals surface area contributed by atoms with E-state index in [2.05, 4.69) is 9.88 Å². The molecule has 2 N–H and O–H groups in total. The maximum atomic E-state index is 17.0. The van der Waals surface area contributed by atoms with Crippen LogP contribution in [0.15, 0.2) is 30.5 Å². The summed E-state index contributed by atoms with van der Waals surface area (Å²) in [5, 5.41) is 23.2. The summed E-state index contributed by atoms with van der Waals surface area (Å²) in [4.78, 5) is 18.8. The zero-order valence-corrected chi connectivity index (χ0v) is 27.9. The molecule has 0 radical (unpaired) electrons. The van der Waals surface area contributed by atoms with Crippen LogP contribution in [0.3, 0.4) is 0 Å². The number of phenolic OH excluding ortho intramolecular Hbond substituents is 1. The molecule has 10 heteroatoms. The third-order valence-electron chi connectivity index (χ3n) is 11.5. The third-order valence-corrected chi connectivity index (χ3v) is 11.5. The molecule has 2 saturated carbocycles. The summed E-state index contributed by atoms with van der Waals surface area (Å²) in [5.41, 5.74) is -0.149. The minimum atomic E-state index is -0.924. The lowest BCUT2D eigenvalue weighted by Gasteiger charge is -2.46. The van der Waals surface area contributed by atoms with E-state index in [1.54, 1.807) is 18.3 Å². The van der Waals surface area contributed by atoms with E-state index < -0.39 is 17.2 Å². The summed E-state index contributed by atoms with van der Waals surface area (Å²) in [6.07, 6.45) is 11.7. The molecule has 2 aromatic heterocycles. The third kappa shape index (κ3) is 5.64. The van der Waals surface area contributed by atoms with Gasteiger partial charge in [0.1, 0.15) is 28.6 Å². The topological polar surface area (TPSA) is 94.8 Å². The number of nitrogens with zero attached hydrogens (tertiary/aromatic N) is 5. The number of aliphatic hydroxyl groups is 1. The number of rotatable bonds is 8. The van der Waals surface area contributed by atoms with Crippen molar-refractivity contribution in [1.82, 2.24) is 19.9 Å². The van der Waals surface area contributed by atoms with Crippen molar-refractivity contribution in [1.29, 1.82) is 0 Å². The van der Waals surface area contributed by atoms with Gasteiger partial charge in [-0.05, 0) is 112 Å². The van der Waals surface area contributed by atoms with E-state index >= 15 is 8.78 Å². The Morgan fingerprint density at radius 1 is 1.02 bits per heavy atom. The highest BCUT2D eigenvalue weighted by molar-refractivity contribution is 6.01. The first-order valence-electron chi connectivity index (χ1n) is 17.8. The highest BCUT2D eigenvalue weighted by atomic mass is 19.1. The number of ether oxygens (including phenoxy) is 1. The number of halogens is 2. The van der Waals surface area contributed by atoms with Crippen LogP contribution in [0.2, 0.25) is 0 Å². The second-order valence-corrected chi connectivity index (χ2v) is 15.1. The van der Waals surface area contributed by atoms with Gasteiger partial charge in [-0.3, -0.25) is 9.88 Å². The number of β-amino-alcohol motifs (C(OH)–C–C–N with tert-alkyl or cyclic N) is 1. The largest absolute Gasteiger partial charge is 0.508 e. The van der Waals surface area contributed by atoms with E-state index in [1.165, 1.54) is 44.4 Å². The number of aromatic hydroxyl groups is 1. The first-order chi connectivity index (χ1) is 23.1. The Morgan fingerprint density at radius 3 is 2.62 bits per heavy atom. The number of hydrogen-bond donors (Lipinski definition) is 2. The molecule has 8 rings (SSSR count). The number of benzene rings is 2. The molecule has 4 aromatic rings. The van der Waals surface area contributed by atoms with E-state index in [-0.39, 0.29) is 28.4 Å². The van der Waals surface area contributed by atoms with Gasteiger partial charge in [0.25, 0.3) is 0 Å². The predicted octanol–water partition coefficient (Wildman–Crippen LogP) is 7.17. The highest BCUT2D eigenvalue weighted by Crippen LogP contribution is 2.49. The SMILES string of the molecule is CCc1c(F)ccc2cc(O)cc(-c3ncc4c(N5CCC[C@@](C)(O)C5)nc(OC[C@]56CCC[C@H]5N(CC5CC5)CCC6)nc4c3F)c12. The van der Waals surface area contributed by atoms with Crippen molar-refractivity contribution in [2.24, 2.45) is 11.3 Å². The van der Waals surface area contributed by atoms with Crippen LogP contribution in [0, 0.1) is 23.0 Å². The Hall–Kier alpha value is -3.63. The molecule has 2 aliphatic heterocycles. The average Bonchev–Trinajstić information content (AvgIpc) is 3.78. The van der Waals surface area contributed by atoms with E-state index in [0.29, 0.717) is 71.7 Å². The lowest BCUT2D eigenvalue weighted by Crippen LogP contribution is -2.52. The Kier molecular flexibility index (Phi) is 7.94. The number of anilines is 1. The summed E-state index contributed by atoms with van der Waals surface area (Å²) >= 11 is 0. The second kappa shape index (κ2) is 12.1. The number of phenols is 1. The maximum absolute atomic E-state index is 17.0. The molecule has 2 aliphatic carbocycles. The zero-order valence-electron chi connectivity index (χ0n) is 27.9. The normalized spacial score (nSPS) is 26.4. The Morgan fingerprint density at radius 2 is 1.83 bits per heavy atom. The van der Waals surface area contributed by atoms with Crippen molar-refractivity contribution < 1.29 is 23.7 Å². The first-order valence-corrected chi connectivity index (χ1v) is 17.8. The number of hydrogen-bond acceptors (Lipinski definition) is 8. The first kappa shape index (κ1) is 31.6. The molecular formula is C38H45F2N5O3. The molecule has 2 saturated heterocycles. The van der Waals surface area contributed by atoms with Gasteiger partial charge >= 0.3 is 6.01 Å². The van der Waals surface area contributed by atoms with E-state index in [9.17, 15) is 10.2 Å². The molecule has 4 fully saturated rings. The molecule has 0 spiro atoms. The highest BCUT2D eigenvalue weighted by Gasteiger charge is 2.49. The second-order valence-electron chi connectivity index (χ2n) is 15.1. The van der Waals surface area contributed by atoms with E-state index in [4.69, 9.17) is 14.7 Å². The molecule has 0 bridgehead atoms. The van der Waals surface area contributed by atoms with Crippen molar-refractivity contribution >= 4 is 27.5 Å². The van der Waals surface area contributed by atoms with Gasteiger partial charge in [-0.25, -0.2) is 8.78 Å². The summed E-state index contributed by atoms with van der Waals surface area (Å²) < 4.78 is 38.5. The standard InChI is InChI=1S/C38H45F2N5O3/c1-3-26-29(39)11-10-24-17-25(46)18-27(31(24)26)33-32(40)34-28(19-41-33)35(45-16-5-12-37(2,47)21-45)43-36(42-34)48-22-38-13-4-7-30(38)44(15-6-14-38)20-23-8-9-23/h10-11,17-19,23,30,46-47H,3-9,12-16,20-22H2,1-2H3/t30-,37-,38-/m1/s1. The monoisotopic (exact) mass is 657 g/mol. The molecule has 4 heterocycles. The quantitative estimate of drug-likeness (QED) is 0.206. The van der Waals surface area contributed by atoms with E-state index in [1.807, 2.05) is 18.7 Å². The lowest BCUT2D eigenvalue weighted by molar-refractivity contribution is -0.00244. The van der Waals surface area contributed by atoms with Crippen LogP contribution in [0.4, 0.5) is 14.6 Å². The number of piperidine rings is 2. The van der Waals surface area contributed by atoms with Crippen molar-refractivity contribution in [3.63, 3.8) is 0 Å². The van der Waals surface area contributed by atoms with E-state index in [0.717, 1.165) is 38.1 Å². The van der Waals surface area contributed by atoms with Crippen molar-refractivity contribution in [2.45, 2.75) is 89.7 Å². The number of likely N-dealkylation sites (tertiary alicyclic amines) is 1. The van der Waals surface area contributed by atoms with Gasteiger partial charge in [0.2, 0.25) is 0 Å². The van der Waals surface area contributed by atoms with Gasteiger partial charge in [-0.15, -0.1) is 0 Å². The van der Waals surface area contributed by atoms with Crippen LogP contribution in [0.1, 0.15) is 77.2 Å². The fourth-order valence-corrected chi connectivity index (χ4v) is 9.02. The Balaban J connectivity index is 1.23. The molecule has 4 aliphatic rings. The number of aromatic nitrogens is 3. The molecule has 48 heavy (non-hydrogen) atoms. The fourth-order valence-electron chi connectivity index (χ4n) is 9.02. The van der Waals surface area contributed by atoms with Crippen LogP contribution in [-0.2, 0) is 6.42 Å². The lowest BCUT2D eigenvalue weighted by atomic mass is 9.75. The van der Waals surface area contributed by atoms with Crippen LogP contribution in [0.25, 0.3) is 32.9 Å². The van der Waals surface area contributed by atoms with Crippen molar-refractivity contribution in [3.8, 4) is 23.0 Å². The molecule has 0 amide bonds. The van der Waals surface area contributed by atoms with Crippen LogP contribution >= 0.6 is 0 Å². The summed E-state index contributed by atoms with van der Waals surface area (Å²) in [7, 11) is 0. The zero-order chi connectivity index (χ0) is 33.2. The molecule has 0 unspecified atom stereocenters. The number of aryl methyl sites for hydroxylation is 1. The molecule has 3 atom stereocenters. The van der Waals surface area contributed by atoms with Gasteiger partial charge in [-0.1, -0.05) is 19.4 Å². The van der Waals surface area contributed by atoms with Crippen LogP contribution in [-0.4, -0.2) is 74.5 Å². The summed E-state index contributed by atoms with van der Waals surface area (Å²) in [6, 6.07) is 6.54. The van der Waals surface area contributed by atoms with Gasteiger partial charge < -0.3 is 19.8 Å². The average molecular weight is 658 g/mol. The molecule has 254 valence electrons. The van der Waals surface area contributed by atoms with Gasteiger partial charge in [0.15, 0.2) is 5.82 Å².